The summed E-state index contributed by atoms with van der Waals surface area (Å²) >= 11 is 0. The lowest BCUT2D eigenvalue weighted by molar-refractivity contribution is -0.114. The number of aliphatic imine (C=N–C) groups is 1. The van der Waals surface area contributed by atoms with Crippen molar-refractivity contribution in [2.24, 2.45) is 10.7 Å². The molecule has 7 nitrogen and oxygen atoms in total. The zero-order chi connectivity index (χ0) is 38.1. The molecule has 0 heterocycles. The second-order valence-corrected chi connectivity index (χ2v) is 12.2. The second-order valence-electron chi connectivity index (χ2n) is 12.2. The summed E-state index contributed by atoms with van der Waals surface area (Å²) in [4.78, 5) is 63.6. The van der Waals surface area contributed by atoms with Gasteiger partial charge in [0.05, 0.1) is 6.54 Å². The van der Waals surface area contributed by atoms with Crippen molar-refractivity contribution in [3.63, 3.8) is 0 Å². The first kappa shape index (κ1) is 44.9. The van der Waals surface area contributed by atoms with E-state index in [0.29, 0.717) is 11.1 Å². The molecule has 0 saturated carbocycles. The minimum absolute atomic E-state index is 0. The Morgan fingerprint density at radius 3 is 1.21 bits per heavy atom. The van der Waals surface area contributed by atoms with Gasteiger partial charge in [0.1, 0.15) is 6.54 Å². The highest BCUT2D eigenvalue weighted by Gasteiger charge is 2.23. The zero-order valence-corrected chi connectivity index (χ0v) is 31.4. The molecule has 2 N–H and O–H groups in total. The zero-order valence-electron chi connectivity index (χ0n) is 31.4. The Morgan fingerprint density at radius 2 is 0.904 bits per heavy atom. The van der Waals surface area contributed by atoms with Gasteiger partial charge >= 0.3 is 0 Å². The molecule has 4 aromatic rings. The molecular formula is C45H56N2O5. The topological polar surface area (TPSA) is 124 Å². The number of nitrogens with zero attached hydrogens (tertiary/aromatic N) is 1. The van der Waals surface area contributed by atoms with Crippen LogP contribution in [0.25, 0.3) is 0 Å². The molecule has 0 saturated heterocycles. The van der Waals surface area contributed by atoms with Gasteiger partial charge in [0.15, 0.2) is 5.78 Å². The van der Waals surface area contributed by atoms with Crippen LogP contribution in [-0.4, -0.2) is 47.7 Å². The lowest BCUT2D eigenvalue weighted by Crippen LogP contribution is -2.25. The van der Waals surface area contributed by atoms with Gasteiger partial charge < -0.3 is 5.73 Å². The van der Waals surface area contributed by atoms with Gasteiger partial charge in [-0.1, -0.05) is 131 Å². The summed E-state index contributed by atoms with van der Waals surface area (Å²) in [5.74, 6) is -1.71. The maximum Gasteiger partial charge on any atom is 0.231 e. The molecule has 52 heavy (non-hydrogen) atoms. The molecule has 0 fully saturated rings. The predicted octanol–water partition coefficient (Wildman–Crippen LogP) is 8.74. The predicted molar refractivity (Wildman–Crippen MR) is 214 cm³/mol. The summed E-state index contributed by atoms with van der Waals surface area (Å²) in [5, 5.41) is 0. The number of carbonyl (C=O) groups excluding carboxylic acids is 5. The SMILES string of the molecule is C.CC(=O)c1ccccc1.CCc1cc(C)cc(CC)c1C(=O)C(=O)CN.CCc1cc(C)cc(CC)c1C(=O)C(=O)CN=C(C)c1ccccc1. The van der Waals surface area contributed by atoms with Gasteiger partial charge in [-0.25, -0.2) is 0 Å². The molecule has 4 rings (SSSR count). The van der Waals surface area contributed by atoms with Gasteiger partial charge in [-0.2, -0.15) is 0 Å². The van der Waals surface area contributed by atoms with Crippen LogP contribution in [0, 0.1) is 13.8 Å². The monoisotopic (exact) mass is 704 g/mol. The molecule has 0 aliphatic heterocycles. The second kappa shape index (κ2) is 22.6. The third-order valence-corrected chi connectivity index (χ3v) is 8.39. The molecule has 0 aliphatic carbocycles. The van der Waals surface area contributed by atoms with E-state index in [-0.39, 0.29) is 26.3 Å². The summed E-state index contributed by atoms with van der Waals surface area (Å²) in [6, 6.07) is 26.8. The van der Waals surface area contributed by atoms with E-state index in [0.717, 1.165) is 75.9 Å². The van der Waals surface area contributed by atoms with Crippen LogP contribution in [0.2, 0.25) is 0 Å². The van der Waals surface area contributed by atoms with Crippen molar-refractivity contribution in [3.05, 3.63) is 141 Å². The summed E-state index contributed by atoms with van der Waals surface area (Å²) in [5.41, 5.74) is 14.9. The number of nitrogens with two attached hydrogens (primary N) is 1. The third-order valence-electron chi connectivity index (χ3n) is 8.39. The minimum atomic E-state index is -0.516. The number of Topliss-reactive ketones (excluding diaryl/α,β-unsaturated/α-hetero) is 5. The highest BCUT2D eigenvalue weighted by atomic mass is 16.2. The van der Waals surface area contributed by atoms with E-state index in [9.17, 15) is 24.0 Å². The van der Waals surface area contributed by atoms with Crippen LogP contribution in [0.5, 0.6) is 0 Å². The Kier molecular flexibility index (Phi) is 19.5. The quantitative estimate of drug-likeness (QED) is 0.0844. The van der Waals surface area contributed by atoms with Crippen molar-refractivity contribution in [2.45, 2.75) is 88.5 Å². The highest BCUT2D eigenvalue weighted by Crippen LogP contribution is 2.21. The van der Waals surface area contributed by atoms with Gasteiger partial charge in [-0.05, 0) is 81.2 Å². The van der Waals surface area contributed by atoms with E-state index in [2.05, 4.69) is 4.99 Å². The van der Waals surface area contributed by atoms with E-state index in [1.807, 2.05) is 133 Å². The molecule has 0 bridgehead atoms. The molecule has 4 aromatic carbocycles. The van der Waals surface area contributed by atoms with Crippen molar-refractivity contribution in [3.8, 4) is 0 Å². The fourth-order valence-corrected chi connectivity index (χ4v) is 5.66. The van der Waals surface area contributed by atoms with E-state index in [1.165, 1.54) is 0 Å². The Bertz CT molecular complexity index is 1810. The molecule has 0 spiro atoms. The molecule has 0 aliphatic rings. The summed E-state index contributed by atoms with van der Waals surface area (Å²) in [7, 11) is 0. The average Bonchev–Trinajstić information content (AvgIpc) is 3.16. The number of rotatable bonds is 13. The van der Waals surface area contributed by atoms with Crippen LogP contribution in [0.4, 0.5) is 0 Å². The summed E-state index contributed by atoms with van der Waals surface area (Å²) < 4.78 is 0. The molecule has 0 atom stereocenters. The van der Waals surface area contributed by atoms with Crippen LogP contribution in [-0.2, 0) is 35.3 Å². The summed E-state index contributed by atoms with van der Waals surface area (Å²) in [6.07, 6.45) is 2.95. The number of ketones is 5. The van der Waals surface area contributed by atoms with Gasteiger partial charge in [0.25, 0.3) is 0 Å². The van der Waals surface area contributed by atoms with Crippen molar-refractivity contribution in [1.82, 2.24) is 0 Å². The van der Waals surface area contributed by atoms with Gasteiger partial charge in [-0.3, -0.25) is 29.0 Å². The maximum atomic E-state index is 12.7. The lowest BCUT2D eigenvalue weighted by atomic mass is 9.91. The number of aryl methyl sites for hydroxylation is 6. The third kappa shape index (κ3) is 12.9. The lowest BCUT2D eigenvalue weighted by Gasteiger charge is -2.13. The van der Waals surface area contributed by atoms with Crippen molar-refractivity contribution in [2.75, 3.05) is 13.1 Å². The molecule has 7 heteroatoms. The number of carbonyl (C=O) groups is 5. The fraction of sp³-hybridized carbons (Fsp3) is 0.333. The molecular weight excluding hydrogens is 649 g/mol. The van der Waals surface area contributed by atoms with Gasteiger partial charge in [-0.15, -0.1) is 0 Å². The van der Waals surface area contributed by atoms with Crippen molar-refractivity contribution < 1.29 is 24.0 Å². The smallest absolute Gasteiger partial charge is 0.231 e. The first-order valence-corrected chi connectivity index (χ1v) is 17.5. The molecule has 0 aromatic heterocycles. The minimum Gasteiger partial charge on any atom is -0.324 e. The molecule has 0 amide bonds. The normalized spacial score (nSPS) is 10.4. The fourth-order valence-electron chi connectivity index (χ4n) is 5.66. The first-order valence-electron chi connectivity index (χ1n) is 17.5. The molecule has 0 unspecified atom stereocenters. The van der Waals surface area contributed by atoms with Crippen LogP contribution >= 0.6 is 0 Å². The van der Waals surface area contributed by atoms with Gasteiger partial charge in [0, 0.05) is 22.4 Å². The number of hydrogen-bond acceptors (Lipinski definition) is 7. The van der Waals surface area contributed by atoms with E-state index in [4.69, 9.17) is 5.73 Å². The van der Waals surface area contributed by atoms with Crippen molar-refractivity contribution in [1.29, 1.82) is 0 Å². The largest absolute Gasteiger partial charge is 0.324 e. The number of hydrogen-bond donors (Lipinski definition) is 1. The first-order chi connectivity index (χ1) is 24.3. The molecule has 276 valence electrons. The summed E-state index contributed by atoms with van der Waals surface area (Å²) in [6.45, 7) is 15.1. The van der Waals surface area contributed by atoms with Crippen LogP contribution in [0.15, 0.2) is 89.9 Å². The Morgan fingerprint density at radius 1 is 0.558 bits per heavy atom. The average molecular weight is 705 g/mol. The number of benzene rings is 4. The molecule has 0 radical (unpaired) electrons. The standard InChI is InChI=1S/C22H25NO2.C14H19NO2.C8H8O.CH4/c1-5-17-12-15(3)13-18(6-2)21(17)22(25)20(24)14-23-16(4)19-10-8-7-9-11-19;1-4-10-6-9(3)7-11(5-2)13(10)14(17)12(16)8-15;1-7(9)8-5-3-2-4-6-8;/h7-13H,5-6,14H2,1-4H3;6-7H,4-5,8,15H2,1-3H3;2-6H,1H3;1H4. The van der Waals surface area contributed by atoms with Crippen molar-refractivity contribution >= 4 is 34.6 Å². The Labute approximate surface area is 310 Å². The van der Waals surface area contributed by atoms with Crippen LogP contribution < -0.4 is 5.73 Å². The Balaban J connectivity index is 0.000000431. The van der Waals surface area contributed by atoms with Gasteiger partial charge in [0.2, 0.25) is 23.1 Å². The van der Waals surface area contributed by atoms with E-state index < -0.39 is 23.1 Å². The Hall–Kier alpha value is -5.14. The highest BCUT2D eigenvalue weighted by molar-refractivity contribution is 6.45. The van der Waals surface area contributed by atoms with E-state index >= 15 is 0 Å². The van der Waals surface area contributed by atoms with Crippen LogP contribution in [0.1, 0.15) is 119 Å². The maximum absolute atomic E-state index is 12.7. The van der Waals surface area contributed by atoms with Crippen LogP contribution in [0.3, 0.4) is 0 Å². The van der Waals surface area contributed by atoms with E-state index in [1.54, 1.807) is 6.92 Å².